The van der Waals surface area contributed by atoms with Crippen LogP contribution in [-0.2, 0) is 9.53 Å². The molecule has 0 aliphatic carbocycles. The summed E-state index contributed by atoms with van der Waals surface area (Å²) in [5.74, 6) is 0.821. The third kappa shape index (κ3) is 3.32. The fourth-order valence-electron chi connectivity index (χ4n) is 2.28. The molecule has 21 heavy (non-hydrogen) atoms. The van der Waals surface area contributed by atoms with Crippen LogP contribution in [0, 0.1) is 19.8 Å². The van der Waals surface area contributed by atoms with E-state index in [9.17, 15) is 4.79 Å². The minimum Gasteiger partial charge on any atom is -0.467 e. The molecule has 2 aromatic heterocycles. The zero-order chi connectivity index (χ0) is 15.6. The van der Waals surface area contributed by atoms with Gasteiger partial charge in [-0.1, -0.05) is 13.8 Å². The molecule has 0 amide bonds. The standard InChI is InChI=1S/C15H21N3O2S/c1-8(2)6-11(15(19)20-5)18-13-12-9(3)10(4)21-14(12)17-7-16-13/h7-8,11H,6H2,1-5H3,(H,16,17,18). The maximum Gasteiger partial charge on any atom is 0.328 e. The lowest BCUT2D eigenvalue weighted by Crippen LogP contribution is -2.32. The second-order valence-electron chi connectivity index (χ2n) is 5.54. The zero-order valence-corrected chi connectivity index (χ0v) is 13.9. The smallest absolute Gasteiger partial charge is 0.328 e. The van der Waals surface area contributed by atoms with Gasteiger partial charge in [0.1, 0.15) is 23.0 Å². The number of thiophene rings is 1. The quantitative estimate of drug-likeness (QED) is 0.859. The van der Waals surface area contributed by atoms with Crippen LogP contribution in [0.1, 0.15) is 30.7 Å². The molecule has 0 saturated heterocycles. The molecular weight excluding hydrogens is 286 g/mol. The van der Waals surface area contributed by atoms with Gasteiger partial charge >= 0.3 is 5.97 Å². The molecular formula is C15H21N3O2S. The monoisotopic (exact) mass is 307 g/mol. The molecule has 2 aromatic rings. The number of rotatable bonds is 5. The molecule has 114 valence electrons. The van der Waals surface area contributed by atoms with E-state index in [0.717, 1.165) is 15.8 Å². The maximum atomic E-state index is 12.0. The number of anilines is 1. The van der Waals surface area contributed by atoms with Gasteiger partial charge in [-0.2, -0.15) is 0 Å². The Labute approximate surface area is 128 Å². The fourth-order valence-corrected chi connectivity index (χ4v) is 3.28. The number of carbonyl (C=O) groups excluding carboxylic acids is 1. The third-order valence-corrected chi connectivity index (χ3v) is 4.58. The summed E-state index contributed by atoms with van der Waals surface area (Å²) in [5.41, 5.74) is 1.16. The number of fused-ring (bicyclic) bond motifs is 1. The summed E-state index contributed by atoms with van der Waals surface area (Å²) in [5, 5.41) is 4.24. The number of esters is 1. The van der Waals surface area contributed by atoms with Gasteiger partial charge in [-0.15, -0.1) is 11.3 Å². The van der Waals surface area contributed by atoms with Crippen molar-refractivity contribution in [1.82, 2.24) is 9.97 Å². The number of methoxy groups -OCH3 is 1. The summed E-state index contributed by atoms with van der Waals surface area (Å²) in [6, 6.07) is -0.396. The Balaban J connectivity index is 2.38. The van der Waals surface area contributed by atoms with Crippen LogP contribution < -0.4 is 5.32 Å². The van der Waals surface area contributed by atoms with Crippen LogP contribution in [0.2, 0.25) is 0 Å². The molecule has 2 heterocycles. The van der Waals surface area contributed by atoms with E-state index in [1.54, 1.807) is 11.3 Å². The number of aromatic nitrogens is 2. The largest absolute Gasteiger partial charge is 0.467 e. The summed E-state index contributed by atoms with van der Waals surface area (Å²) in [7, 11) is 1.41. The second kappa shape index (κ2) is 6.39. The molecule has 0 bridgehead atoms. The van der Waals surface area contributed by atoms with E-state index in [4.69, 9.17) is 4.74 Å². The Kier molecular flexibility index (Phi) is 4.77. The Morgan fingerprint density at radius 3 is 2.71 bits per heavy atom. The molecule has 0 spiro atoms. The number of nitrogens with one attached hydrogen (secondary N) is 1. The van der Waals surface area contributed by atoms with Gasteiger partial charge in [-0.05, 0) is 31.7 Å². The fraction of sp³-hybridized carbons (Fsp3) is 0.533. The van der Waals surface area contributed by atoms with Gasteiger partial charge < -0.3 is 10.1 Å². The lowest BCUT2D eigenvalue weighted by Gasteiger charge is -2.19. The van der Waals surface area contributed by atoms with Gasteiger partial charge in [-0.25, -0.2) is 14.8 Å². The molecule has 1 N–H and O–H groups in total. The van der Waals surface area contributed by atoms with Crippen molar-refractivity contribution < 1.29 is 9.53 Å². The minimum absolute atomic E-state index is 0.264. The number of aryl methyl sites for hydroxylation is 2. The van der Waals surface area contributed by atoms with E-state index in [-0.39, 0.29) is 5.97 Å². The van der Waals surface area contributed by atoms with Crippen LogP contribution in [-0.4, -0.2) is 29.1 Å². The van der Waals surface area contributed by atoms with Gasteiger partial charge in [0.25, 0.3) is 0 Å². The van der Waals surface area contributed by atoms with E-state index >= 15 is 0 Å². The number of carbonyl (C=O) groups is 1. The maximum absolute atomic E-state index is 12.0. The molecule has 0 aliphatic rings. The summed E-state index contributed by atoms with van der Waals surface area (Å²) < 4.78 is 4.89. The molecule has 0 saturated carbocycles. The average molecular weight is 307 g/mol. The van der Waals surface area contributed by atoms with Crippen LogP contribution >= 0.6 is 11.3 Å². The Morgan fingerprint density at radius 1 is 1.38 bits per heavy atom. The number of ether oxygens (including phenoxy) is 1. The predicted molar refractivity (Wildman–Crippen MR) is 85.8 cm³/mol. The van der Waals surface area contributed by atoms with E-state index in [2.05, 4.69) is 43.0 Å². The second-order valence-corrected chi connectivity index (χ2v) is 6.74. The molecule has 2 rings (SSSR count). The Bertz CT molecular complexity index is 652. The van der Waals surface area contributed by atoms with Crippen LogP contribution in [0.25, 0.3) is 10.2 Å². The molecule has 0 radical (unpaired) electrons. The van der Waals surface area contributed by atoms with Crippen LogP contribution in [0.5, 0.6) is 0 Å². The van der Waals surface area contributed by atoms with Gasteiger partial charge in [0.05, 0.1) is 12.5 Å². The van der Waals surface area contributed by atoms with E-state index in [1.807, 2.05) is 0 Å². The van der Waals surface area contributed by atoms with Gasteiger partial charge in [0, 0.05) is 4.88 Å². The summed E-state index contributed by atoms with van der Waals surface area (Å²) in [6.45, 7) is 8.27. The highest BCUT2D eigenvalue weighted by Crippen LogP contribution is 2.33. The van der Waals surface area contributed by atoms with Gasteiger partial charge in [-0.3, -0.25) is 0 Å². The van der Waals surface area contributed by atoms with Crippen molar-refractivity contribution in [3.8, 4) is 0 Å². The van der Waals surface area contributed by atoms with E-state index in [0.29, 0.717) is 18.2 Å². The Morgan fingerprint density at radius 2 is 2.10 bits per heavy atom. The van der Waals surface area contributed by atoms with E-state index in [1.165, 1.54) is 18.3 Å². The van der Waals surface area contributed by atoms with Crippen LogP contribution in [0.4, 0.5) is 5.82 Å². The molecule has 0 fully saturated rings. The molecule has 5 nitrogen and oxygen atoms in total. The normalized spacial score (nSPS) is 12.7. The van der Waals surface area contributed by atoms with Crippen molar-refractivity contribution in [3.63, 3.8) is 0 Å². The number of nitrogens with zero attached hydrogens (tertiary/aromatic N) is 2. The van der Waals surface area contributed by atoms with Crippen molar-refractivity contribution in [1.29, 1.82) is 0 Å². The van der Waals surface area contributed by atoms with Crippen molar-refractivity contribution >= 4 is 33.3 Å². The van der Waals surface area contributed by atoms with Crippen LogP contribution in [0.3, 0.4) is 0 Å². The zero-order valence-electron chi connectivity index (χ0n) is 13.1. The lowest BCUT2D eigenvalue weighted by molar-refractivity contribution is -0.141. The van der Waals surface area contributed by atoms with Gasteiger partial charge in [0.15, 0.2) is 0 Å². The SMILES string of the molecule is COC(=O)C(CC(C)C)Nc1ncnc2sc(C)c(C)c12. The average Bonchev–Trinajstić information content (AvgIpc) is 2.73. The Hall–Kier alpha value is -1.69. The first kappa shape index (κ1) is 15.7. The summed E-state index contributed by atoms with van der Waals surface area (Å²) in [6.07, 6.45) is 2.23. The number of hydrogen-bond donors (Lipinski definition) is 1. The van der Waals surface area contributed by atoms with Crippen LogP contribution in [0.15, 0.2) is 6.33 Å². The van der Waals surface area contributed by atoms with E-state index < -0.39 is 6.04 Å². The van der Waals surface area contributed by atoms with Crippen molar-refractivity contribution in [2.24, 2.45) is 5.92 Å². The summed E-state index contributed by atoms with van der Waals surface area (Å²) in [4.78, 5) is 22.7. The molecule has 0 aliphatic heterocycles. The first-order valence-corrected chi connectivity index (χ1v) is 7.80. The first-order valence-electron chi connectivity index (χ1n) is 6.99. The lowest BCUT2D eigenvalue weighted by atomic mass is 10.0. The summed E-state index contributed by atoms with van der Waals surface area (Å²) >= 11 is 1.64. The molecule has 6 heteroatoms. The van der Waals surface area contributed by atoms with Crippen molar-refractivity contribution in [2.45, 2.75) is 40.2 Å². The highest BCUT2D eigenvalue weighted by molar-refractivity contribution is 7.18. The first-order chi connectivity index (χ1) is 9.93. The number of hydrogen-bond acceptors (Lipinski definition) is 6. The molecule has 0 aromatic carbocycles. The highest BCUT2D eigenvalue weighted by Gasteiger charge is 2.22. The molecule has 1 unspecified atom stereocenters. The van der Waals surface area contributed by atoms with Gasteiger partial charge in [0.2, 0.25) is 0 Å². The third-order valence-electron chi connectivity index (χ3n) is 3.47. The topological polar surface area (TPSA) is 64.1 Å². The highest BCUT2D eigenvalue weighted by atomic mass is 32.1. The van der Waals surface area contributed by atoms with Crippen molar-refractivity contribution in [3.05, 3.63) is 16.8 Å². The predicted octanol–water partition coefficient (Wildman–Crippen LogP) is 3.31. The molecule has 1 atom stereocenters. The minimum atomic E-state index is -0.396. The van der Waals surface area contributed by atoms with Crippen molar-refractivity contribution in [2.75, 3.05) is 12.4 Å².